The normalized spacial score (nSPS) is 23.0. The van der Waals surface area contributed by atoms with Crippen molar-refractivity contribution in [2.75, 3.05) is 19.6 Å². The Balaban J connectivity index is 1.61. The van der Waals surface area contributed by atoms with Crippen molar-refractivity contribution in [3.8, 4) is 0 Å². The van der Waals surface area contributed by atoms with E-state index in [0.29, 0.717) is 12.5 Å². The average molecular weight is 430 g/mol. The first-order valence-electron chi connectivity index (χ1n) is 10.8. The van der Waals surface area contributed by atoms with E-state index >= 15 is 0 Å². The van der Waals surface area contributed by atoms with Gasteiger partial charge in [0, 0.05) is 38.9 Å². The largest absolute Gasteiger partial charge is 0.357 e. The van der Waals surface area contributed by atoms with Crippen molar-refractivity contribution in [2.45, 2.75) is 51.4 Å². The van der Waals surface area contributed by atoms with Gasteiger partial charge in [-0.05, 0) is 70.3 Å². The summed E-state index contributed by atoms with van der Waals surface area (Å²) in [5.41, 5.74) is 2.15. The standard InChI is InChI=1S/C24H29F2N3S/c1-14-8-17-16-6-4-5-7-19(16)28-22(17)23(29(14)13-24(2,3)26)21-10-18(25)20(30-21)9-15-11-27-12-15/h4-7,10,14-15,23,27-28H,8-9,11-13H2,1-3H3/t14-,23-/m1/s1. The van der Waals surface area contributed by atoms with Gasteiger partial charge in [0.25, 0.3) is 0 Å². The fourth-order valence-corrected chi connectivity index (χ4v) is 6.24. The highest BCUT2D eigenvalue weighted by Crippen LogP contribution is 2.44. The topological polar surface area (TPSA) is 31.1 Å². The van der Waals surface area contributed by atoms with Crippen LogP contribution in [0.15, 0.2) is 30.3 Å². The van der Waals surface area contributed by atoms with Crippen LogP contribution in [0.25, 0.3) is 10.9 Å². The molecule has 4 heterocycles. The number of halogens is 2. The summed E-state index contributed by atoms with van der Waals surface area (Å²) in [6, 6.07) is 10.0. The molecule has 3 aromatic rings. The molecule has 0 unspecified atom stereocenters. The fraction of sp³-hybridized carbons (Fsp3) is 0.500. The van der Waals surface area contributed by atoms with E-state index in [0.717, 1.165) is 46.9 Å². The summed E-state index contributed by atoms with van der Waals surface area (Å²) < 4.78 is 29.7. The monoisotopic (exact) mass is 429 g/mol. The van der Waals surface area contributed by atoms with Crippen LogP contribution in [0.5, 0.6) is 0 Å². The number of hydrogen-bond acceptors (Lipinski definition) is 3. The second kappa shape index (κ2) is 7.43. The van der Waals surface area contributed by atoms with Crippen molar-refractivity contribution in [1.29, 1.82) is 0 Å². The molecule has 1 aromatic carbocycles. The number of aromatic nitrogens is 1. The van der Waals surface area contributed by atoms with Crippen molar-refractivity contribution in [2.24, 2.45) is 5.92 Å². The predicted octanol–water partition coefficient (Wildman–Crippen LogP) is 5.21. The summed E-state index contributed by atoms with van der Waals surface area (Å²) in [6.07, 6.45) is 1.64. The molecule has 2 aliphatic rings. The lowest BCUT2D eigenvalue weighted by molar-refractivity contribution is 0.0678. The number of hydrogen-bond donors (Lipinski definition) is 2. The van der Waals surface area contributed by atoms with Gasteiger partial charge in [0.1, 0.15) is 11.5 Å². The predicted molar refractivity (Wildman–Crippen MR) is 120 cm³/mol. The van der Waals surface area contributed by atoms with Crippen LogP contribution < -0.4 is 5.32 Å². The van der Waals surface area contributed by atoms with Crippen LogP contribution >= 0.6 is 11.3 Å². The smallest absolute Gasteiger partial charge is 0.137 e. The van der Waals surface area contributed by atoms with Crippen LogP contribution in [0.1, 0.15) is 47.8 Å². The quantitative estimate of drug-likeness (QED) is 0.583. The van der Waals surface area contributed by atoms with Crippen molar-refractivity contribution in [3.05, 3.63) is 57.2 Å². The molecule has 0 bridgehead atoms. The second-order valence-electron chi connectivity index (χ2n) is 9.56. The van der Waals surface area contributed by atoms with Gasteiger partial charge < -0.3 is 10.3 Å². The molecular weight excluding hydrogens is 400 g/mol. The van der Waals surface area contributed by atoms with E-state index in [-0.39, 0.29) is 17.9 Å². The zero-order valence-corrected chi connectivity index (χ0v) is 18.6. The molecule has 1 saturated heterocycles. The molecule has 0 saturated carbocycles. The Kier molecular flexibility index (Phi) is 4.99. The molecular formula is C24H29F2N3S. The third-order valence-electron chi connectivity index (χ3n) is 6.46. The van der Waals surface area contributed by atoms with E-state index in [1.54, 1.807) is 31.3 Å². The SMILES string of the molecule is C[C@@H]1Cc2c([nH]c3ccccc23)[C@@H](c2cc(F)c(CC3CNC3)s2)N1CC(C)(C)F. The number of thiophene rings is 1. The maximum Gasteiger partial charge on any atom is 0.137 e. The number of benzene rings is 1. The van der Waals surface area contributed by atoms with Gasteiger partial charge in [0.05, 0.1) is 6.04 Å². The first-order valence-corrected chi connectivity index (χ1v) is 11.6. The van der Waals surface area contributed by atoms with E-state index in [1.165, 1.54) is 10.9 Å². The van der Waals surface area contributed by atoms with E-state index < -0.39 is 5.67 Å². The third kappa shape index (κ3) is 3.59. The number of H-pyrrole nitrogens is 1. The van der Waals surface area contributed by atoms with Gasteiger partial charge in [-0.1, -0.05) is 18.2 Å². The van der Waals surface area contributed by atoms with Crippen LogP contribution in [0.4, 0.5) is 8.78 Å². The molecule has 6 heteroatoms. The van der Waals surface area contributed by atoms with Crippen LogP contribution in [-0.2, 0) is 12.8 Å². The highest BCUT2D eigenvalue weighted by molar-refractivity contribution is 7.12. The Morgan fingerprint density at radius 2 is 2.00 bits per heavy atom. The van der Waals surface area contributed by atoms with Gasteiger partial charge in [-0.25, -0.2) is 8.78 Å². The number of fused-ring (bicyclic) bond motifs is 3. The molecule has 0 aliphatic carbocycles. The fourth-order valence-electron chi connectivity index (χ4n) is 4.95. The first kappa shape index (κ1) is 20.2. The van der Waals surface area contributed by atoms with Crippen LogP contribution in [-0.4, -0.2) is 41.2 Å². The molecule has 2 aromatic heterocycles. The van der Waals surface area contributed by atoms with E-state index in [4.69, 9.17) is 0 Å². The Morgan fingerprint density at radius 1 is 1.23 bits per heavy atom. The first-order chi connectivity index (χ1) is 14.3. The molecule has 30 heavy (non-hydrogen) atoms. The van der Waals surface area contributed by atoms with Gasteiger partial charge >= 0.3 is 0 Å². The molecule has 2 N–H and O–H groups in total. The van der Waals surface area contributed by atoms with E-state index in [9.17, 15) is 8.78 Å². The highest BCUT2D eigenvalue weighted by Gasteiger charge is 2.39. The number of aromatic amines is 1. The number of nitrogens with one attached hydrogen (secondary N) is 2. The molecule has 160 valence electrons. The molecule has 3 nitrogen and oxygen atoms in total. The minimum atomic E-state index is -1.33. The average Bonchev–Trinajstić information content (AvgIpc) is 3.18. The van der Waals surface area contributed by atoms with Crippen LogP contribution in [0.2, 0.25) is 0 Å². The van der Waals surface area contributed by atoms with Crippen molar-refractivity contribution < 1.29 is 8.78 Å². The molecule has 2 atom stereocenters. The Bertz CT molecular complexity index is 1060. The zero-order valence-electron chi connectivity index (χ0n) is 17.8. The molecule has 0 spiro atoms. The summed E-state index contributed by atoms with van der Waals surface area (Å²) in [5, 5.41) is 4.49. The summed E-state index contributed by atoms with van der Waals surface area (Å²) in [4.78, 5) is 7.62. The lowest BCUT2D eigenvalue weighted by atomic mass is 9.90. The molecule has 0 radical (unpaired) electrons. The molecule has 2 aliphatic heterocycles. The van der Waals surface area contributed by atoms with Gasteiger partial charge in [-0.2, -0.15) is 0 Å². The van der Waals surface area contributed by atoms with E-state index in [1.807, 2.05) is 6.07 Å². The number of para-hydroxylation sites is 1. The molecule has 0 amide bonds. The van der Waals surface area contributed by atoms with Crippen molar-refractivity contribution in [1.82, 2.24) is 15.2 Å². The van der Waals surface area contributed by atoms with Gasteiger partial charge in [0.15, 0.2) is 0 Å². The van der Waals surface area contributed by atoms with Crippen molar-refractivity contribution >= 4 is 22.2 Å². The van der Waals surface area contributed by atoms with Crippen LogP contribution in [0, 0.1) is 11.7 Å². The molecule has 5 rings (SSSR count). The van der Waals surface area contributed by atoms with Crippen molar-refractivity contribution in [3.63, 3.8) is 0 Å². The maximum absolute atomic E-state index is 14.9. The number of nitrogens with zero attached hydrogens (tertiary/aromatic N) is 1. The Labute approximate surface area is 180 Å². The third-order valence-corrected chi connectivity index (χ3v) is 7.65. The summed E-state index contributed by atoms with van der Waals surface area (Å²) in [7, 11) is 0. The van der Waals surface area contributed by atoms with E-state index in [2.05, 4.69) is 40.3 Å². The minimum Gasteiger partial charge on any atom is -0.357 e. The Hall–Kier alpha value is -1.76. The summed E-state index contributed by atoms with van der Waals surface area (Å²) in [6.45, 7) is 7.65. The molecule has 1 fully saturated rings. The summed E-state index contributed by atoms with van der Waals surface area (Å²) in [5.74, 6) is 0.401. The van der Waals surface area contributed by atoms with Crippen LogP contribution in [0.3, 0.4) is 0 Å². The lowest BCUT2D eigenvalue weighted by Crippen LogP contribution is -2.47. The maximum atomic E-state index is 14.9. The van der Waals surface area contributed by atoms with Gasteiger partial charge in [-0.3, -0.25) is 4.90 Å². The second-order valence-corrected chi connectivity index (χ2v) is 10.7. The summed E-state index contributed by atoms with van der Waals surface area (Å²) >= 11 is 1.56. The van der Waals surface area contributed by atoms with Gasteiger partial charge in [-0.15, -0.1) is 11.3 Å². The number of rotatable bonds is 5. The minimum absolute atomic E-state index is 0.114. The number of alkyl halides is 1. The zero-order chi connectivity index (χ0) is 21.0. The van der Waals surface area contributed by atoms with Gasteiger partial charge in [0.2, 0.25) is 0 Å². The Morgan fingerprint density at radius 3 is 2.70 bits per heavy atom. The lowest BCUT2D eigenvalue weighted by Gasteiger charge is -2.42. The highest BCUT2D eigenvalue weighted by atomic mass is 32.1.